The first-order chi connectivity index (χ1) is 15.0. The SMILES string of the molecule is COc1cccc(/C=N/Nc2nc3c(N)ncnc3n2[C@@H]2O[C@H](CO)[C@@H](O)[C@H]2O)c1O. The molecule has 0 saturated carbocycles. The highest BCUT2D eigenvalue weighted by Crippen LogP contribution is 2.35. The molecule has 3 heterocycles. The first-order valence-electron chi connectivity index (χ1n) is 9.22. The van der Waals surface area contributed by atoms with Crippen molar-refractivity contribution in [3.05, 3.63) is 30.1 Å². The van der Waals surface area contributed by atoms with E-state index in [0.717, 1.165) is 0 Å². The van der Waals surface area contributed by atoms with E-state index in [2.05, 4.69) is 25.5 Å². The molecule has 13 nitrogen and oxygen atoms in total. The zero-order chi connectivity index (χ0) is 22.1. The molecule has 0 unspecified atom stereocenters. The standard InChI is InChI=1S/C18H21N7O6/c1-30-9-4-2-3-8(12(9)27)5-22-24-18-23-11-15(19)20-7-21-16(11)25(18)17-14(29)13(28)10(6-26)31-17/h2-5,7,10,13-14,17,26-29H,6H2,1H3,(H,23,24)(H2,19,20,21)/b22-5+/t10-,13-,14-,17-/m1/s1. The van der Waals surface area contributed by atoms with Gasteiger partial charge in [-0.05, 0) is 12.1 Å². The van der Waals surface area contributed by atoms with E-state index < -0.39 is 31.1 Å². The van der Waals surface area contributed by atoms with Crippen molar-refractivity contribution in [1.29, 1.82) is 0 Å². The lowest BCUT2D eigenvalue weighted by Crippen LogP contribution is -2.33. The molecular formula is C18H21N7O6. The Kier molecular flexibility index (Phi) is 5.56. The Bertz CT molecular complexity index is 1120. The number of aliphatic hydroxyl groups is 3. The highest BCUT2D eigenvalue weighted by atomic mass is 16.6. The molecule has 4 rings (SSSR count). The third kappa shape index (κ3) is 3.59. The van der Waals surface area contributed by atoms with Crippen molar-refractivity contribution in [3.63, 3.8) is 0 Å². The normalized spacial score (nSPS) is 23.6. The quantitative estimate of drug-likeness (QED) is 0.211. The number of benzene rings is 1. The number of aliphatic hydroxyl groups excluding tert-OH is 3. The Hall–Kier alpha value is -3.52. The third-order valence-electron chi connectivity index (χ3n) is 4.90. The number of hydrogen-bond acceptors (Lipinski definition) is 12. The van der Waals surface area contributed by atoms with Gasteiger partial charge in [-0.3, -0.25) is 4.57 Å². The molecule has 1 saturated heterocycles. The van der Waals surface area contributed by atoms with Crippen LogP contribution in [-0.2, 0) is 4.74 Å². The smallest absolute Gasteiger partial charge is 0.228 e. The number of hydrazone groups is 1. The molecule has 31 heavy (non-hydrogen) atoms. The maximum absolute atomic E-state index is 10.5. The zero-order valence-corrected chi connectivity index (χ0v) is 16.3. The first kappa shape index (κ1) is 20.7. The van der Waals surface area contributed by atoms with Gasteiger partial charge in [0.25, 0.3) is 0 Å². The van der Waals surface area contributed by atoms with Crippen LogP contribution in [0.1, 0.15) is 11.8 Å². The molecule has 1 aliphatic heterocycles. The Morgan fingerprint density at radius 2 is 2.13 bits per heavy atom. The molecule has 2 aromatic heterocycles. The molecular weight excluding hydrogens is 410 g/mol. The van der Waals surface area contributed by atoms with Gasteiger partial charge in [-0.25, -0.2) is 20.4 Å². The number of nitrogens with one attached hydrogen (secondary N) is 1. The topological polar surface area (TPSA) is 193 Å². The summed E-state index contributed by atoms with van der Waals surface area (Å²) in [5.41, 5.74) is 9.42. The number of aromatic hydroxyl groups is 1. The molecule has 0 spiro atoms. The fourth-order valence-electron chi connectivity index (χ4n) is 3.31. The Morgan fingerprint density at radius 3 is 2.84 bits per heavy atom. The maximum atomic E-state index is 10.5. The van der Waals surface area contributed by atoms with E-state index in [9.17, 15) is 20.4 Å². The van der Waals surface area contributed by atoms with Crippen molar-refractivity contribution in [2.24, 2.45) is 5.10 Å². The van der Waals surface area contributed by atoms with E-state index in [1.54, 1.807) is 18.2 Å². The number of para-hydroxylation sites is 1. The molecule has 13 heteroatoms. The molecule has 1 aromatic carbocycles. The number of methoxy groups -OCH3 is 1. The van der Waals surface area contributed by atoms with Crippen molar-refractivity contribution >= 4 is 29.1 Å². The number of ether oxygens (including phenoxy) is 2. The Balaban J connectivity index is 1.71. The monoisotopic (exact) mass is 431 g/mol. The number of imidazole rings is 1. The summed E-state index contributed by atoms with van der Waals surface area (Å²) in [7, 11) is 1.43. The molecule has 0 radical (unpaired) electrons. The Morgan fingerprint density at radius 1 is 1.32 bits per heavy atom. The highest BCUT2D eigenvalue weighted by Gasteiger charge is 2.45. The molecule has 0 amide bonds. The van der Waals surface area contributed by atoms with E-state index in [1.165, 1.54) is 24.2 Å². The number of anilines is 2. The van der Waals surface area contributed by atoms with Gasteiger partial charge in [0.2, 0.25) is 5.95 Å². The van der Waals surface area contributed by atoms with Crippen LogP contribution in [0.3, 0.4) is 0 Å². The second kappa shape index (κ2) is 8.31. The van der Waals surface area contributed by atoms with Gasteiger partial charge in [-0.1, -0.05) is 6.07 Å². The van der Waals surface area contributed by atoms with Crippen LogP contribution in [0.25, 0.3) is 11.2 Å². The van der Waals surface area contributed by atoms with Crippen LogP contribution >= 0.6 is 0 Å². The summed E-state index contributed by atoms with van der Waals surface area (Å²) < 4.78 is 12.0. The van der Waals surface area contributed by atoms with Crippen LogP contribution < -0.4 is 15.9 Å². The fraction of sp³-hybridized carbons (Fsp3) is 0.333. The number of phenols is 1. The number of fused-ring (bicyclic) bond motifs is 1. The predicted molar refractivity (Wildman–Crippen MR) is 109 cm³/mol. The van der Waals surface area contributed by atoms with E-state index >= 15 is 0 Å². The summed E-state index contributed by atoms with van der Waals surface area (Å²) in [6.07, 6.45) is -2.27. The molecule has 7 N–H and O–H groups in total. The molecule has 3 aromatic rings. The van der Waals surface area contributed by atoms with Crippen molar-refractivity contribution in [1.82, 2.24) is 19.5 Å². The van der Waals surface area contributed by atoms with Crippen molar-refractivity contribution in [2.75, 3.05) is 24.9 Å². The average molecular weight is 431 g/mol. The van der Waals surface area contributed by atoms with Gasteiger partial charge in [-0.15, -0.1) is 0 Å². The summed E-state index contributed by atoms with van der Waals surface area (Å²) in [5.74, 6) is 0.358. The van der Waals surface area contributed by atoms with E-state index in [4.69, 9.17) is 15.2 Å². The number of nitrogens with zero attached hydrogens (tertiary/aromatic N) is 5. The van der Waals surface area contributed by atoms with Crippen LogP contribution in [0.4, 0.5) is 11.8 Å². The van der Waals surface area contributed by atoms with Gasteiger partial charge < -0.3 is 35.6 Å². The van der Waals surface area contributed by atoms with Crippen LogP contribution in [0, 0.1) is 0 Å². The second-order valence-electron chi connectivity index (χ2n) is 6.73. The lowest BCUT2D eigenvalue weighted by Gasteiger charge is -2.18. The summed E-state index contributed by atoms with van der Waals surface area (Å²) in [6.45, 7) is -0.492. The summed E-state index contributed by atoms with van der Waals surface area (Å²) in [5, 5.41) is 44.2. The van der Waals surface area contributed by atoms with Gasteiger partial charge >= 0.3 is 0 Å². The maximum Gasteiger partial charge on any atom is 0.228 e. The van der Waals surface area contributed by atoms with Crippen molar-refractivity contribution in [2.45, 2.75) is 24.5 Å². The number of rotatable bonds is 6. The number of aromatic nitrogens is 4. The zero-order valence-electron chi connectivity index (χ0n) is 16.3. The number of hydrogen-bond donors (Lipinski definition) is 6. The van der Waals surface area contributed by atoms with E-state index in [1.807, 2.05) is 0 Å². The van der Waals surface area contributed by atoms with E-state index in [-0.39, 0.29) is 34.4 Å². The minimum atomic E-state index is -1.38. The minimum absolute atomic E-state index is 0.0793. The average Bonchev–Trinajstić information content (AvgIpc) is 3.27. The van der Waals surface area contributed by atoms with Gasteiger partial charge in [-0.2, -0.15) is 5.10 Å². The molecule has 1 fully saturated rings. The molecule has 4 atom stereocenters. The highest BCUT2D eigenvalue weighted by molar-refractivity contribution is 5.86. The third-order valence-corrected chi connectivity index (χ3v) is 4.90. The van der Waals surface area contributed by atoms with Crippen molar-refractivity contribution in [3.8, 4) is 11.5 Å². The first-order valence-corrected chi connectivity index (χ1v) is 9.22. The number of phenolic OH excluding ortho intramolecular Hbond substituents is 1. The van der Waals surface area contributed by atoms with Gasteiger partial charge in [0.1, 0.15) is 24.6 Å². The lowest BCUT2D eigenvalue weighted by atomic mass is 10.1. The number of nitrogens with two attached hydrogens (primary N) is 1. The minimum Gasteiger partial charge on any atom is -0.504 e. The van der Waals surface area contributed by atoms with Crippen molar-refractivity contribution < 1.29 is 29.9 Å². The number of nitrogen functional groups attached to an aromatic ring is 1. The molecule has 164 valence electrons. The summed E-state index contributed by atoms with van der Waals surface area (Å²) in [4.78, 5) is 12.4. The van der Waals surface area contributed by atoms with Crippen LogP contribution in [0.2, 0.25) is 0 Å². The molecule has 1 aliphatic rings. The van der Waals surface area contributed by atoms with Crippen LogP contribution in [0.5, 0.6) is 11.5 Å². The summed E-state index contributed by atoms with van der Waals surface area (Å²) >= 11 is 0. The predicted octanol–water partition coefficient (Wildman–Crippen LogP) is -0.820. The second-order valence-corrected chi connectivity index (χ2v) is 6.73. The van der Waals surface area contributed by atoms with Gasteiger partial charge in [0.05, 0.1) is 19.9 Å². The largest absolute Gasteiger partial charge is 0.504 e. The van der Waals surface area contributed by atoms with E-state index in [0.29, 0.717) is 5.56 Å². The summed E-state index contributed by atoms with van der Waals surface area (Å²) in [6, 6.07) is 4.91. The van der Waals surface area contributed by atoms with Crippen LogP contribution in [0.15, 0.2) is 29.6 Å². The van der Waals surface area contributed by atoms with Gasteiger partial charge in [0, 0.05) is 5.56 Å². The molecule has 0 bridgehead atoms. The lowest BCUT2D eigenvalue weighted by molar-refractivity contribution is -0.0501. The molecule has 0 aliphatic carbocycles. The van der Waals surface area contributed by atoms with Crippen LogP contribution in [-0.4, -0.2) is 78.2 Å². The fourth-order valence-corrected chi connectivity index (χ4v) is 3.31. The van der Waals surface area contributed by atoms with Gasteiger partial charge in [0.15, 0.2) is 34.7 Å². The Labute approximate surface area is 175 Å².